The number of aryl methyl sites for hydroxylation is 1. The molecule has 0 atom stereocenters. The molecule has 0 saturated carbocycles. The Balaban J connectivity index is 2.30. The summed E-state index contributed by atoms with van der Waals surface area (Å²) in [6.45, 7) is 6.35. The molecule has 94 valence electrons. The zero-order valence-electron chi connectivity index (χ0n) is 9.95. The lowest BCUT2D eigenvalue weighted by atomic mass is 10.3. The highest BCUT2D eigenvalue weighted by Crippen LogP contribution is 2.28. The van der Waals surface area contributed by atoms with Gasteiger partial charge in [0, 0.05) is 17.8 Å². The van der Waals surface area contributed by atoms with E-state index in [2.05, 4.69) is 16.9 Å². The molecule has 0 saturated heterocycles. The van der Waals surface area contributed by atoms with Crippen LogP contribution in [0.15, 0.2) is 37.1 Å². The number of hydrogen-bond donors (Lipinski definition) is 1. The van der Waals surface area contributed by atoms with Crippen molar-refractivity contribution in [3.63, 3.8) is 0 Å². The minimum absolute atomic E-state index is 0.563. The van der Waals surface area contributed by atoms with Crippen molar-refractivity contribution in [2.75, 3.05) is 5.32 Å². The van der Waals surface area contributed by atoms with E-state index in [4.69, 9.17) is 23.2 Å². The average Bonchev–Trinajstić information content (AvgIpc) is 2.64. The zero-order valence-corrected chi connectivity index (χ0v) is 11.5. The standard InChI is InChI=1S/C13H13Cl2N3/c1-3-6-18-8-9(2)16-13(18)17-12-5-4-10(14)7-11(12)15/h3-5,7-8H,1,6H2,2H3,(H,16,17). The first-order chi connectivity index (χ1) is 8.60. The van der Waals surface area contributed by atoms with E-state index in [0.717, 1.165) is 17.3 Å². The molecule has 0 aliphatic rings. The van der Waals surface area contributed by atoms with Gasteiger partial charge < -0.3 is 9.88 Å². The molecule has 0 amide bonds. The van der Waals surface area contributed by atoms with Crippen molar-refractivity contribution in [1.29, 1.82) is 0 Å². The Morgan fingerprint density at radius 1 is 1.44 bits per heavy atom. The smallest absolute Gasteiger partial charge is 0.207 e. The van der Waals surface area contributed by atoms with Crippen LogP contribution < -0.4 is 5.32 Å². The van der Waals surface area contributed by atoms with E-state index in [9.17, 15) is 0 Å². The molecule has 0 aliphatic carbocycles. The molecule has 0 aliphatic heterocycles. The summed E-state index contributed by atoms with van der Waals surface area (Å²) in [5.74, 6) is 0.733. The second-order valence-electron chi connectivity index (χ2n) is 3.90. The van der Waals surface area contributed by atoms with Crippen molar-refractivity contribution in [1.82, 2.24) is 9.55 Å². The van der Waals surface area contributed by atoms with Crippen LogP contribution >= 0.6 is 23.2 Å². The van der Waals surface area contributed by atoms with E-state index in [0.29, 0.717) is 16.6 Å². The van der Waals surface area contributed by atoms with E-state index >= 15 is 0 Å². The summed E-state index contributed by atoms with van der Waals surface area (Å²) in [4.78, 5) is 4.40. The van der Waals surface area contributed by atoms with Crippen LogP contribution in [0.2, 0.25) is 10.0 Å². The maximum absolute atomic E-state index is 6.11. The van der Waals surface area contributed by atoms with Gasteiger partial charge in [-0.15, -0.1) is 6.58 Å². The van der Waals surface area contributed by atoms with Crippen LogP contribution in [0.25, 0.3) is 0 Å². The fourth-order valence-corrected chi connectivity index (χ4v) is 2.09. The quantitative estimate of drug-likeness (QED) is 0.841. The molecule has 2 rings (SSSR count). The number of rotatable bonds is 4. The number of nitrogens with zero attached hydrogens (tertiary/aromatic N) is 2. The van der Waals surface area contributed by atoms with Crippen LogP contribution in [0.5, 0.6) is 0 Å². The van der Waals surface area contributed by atoms with E-state index in [1.807, 2.05) is 29.8 Å². The summed E-state index contributed by atoms with van der Waals surface area (Å²) in [7, 11) is 0. The summed E-state index contributed by atoms with van der Waals surface area (Å²) in [5, 5.41) is 4.36. The van der Waals surface area contributed by atoms with Crippen molar-refractivity contribution in [2.24, 2.45) is 0 Å². The highest BCUT2D eigenvalue weighted by molar-refractivity contribution is 6.36. The molecule has 18 heavy (non-hydrogen) atoms. The predicted octanol–water partition coefficient (Wildman–Crippen LogP) is 4.43. The number of benzene rings is 1. The van der Waals surface area contributed by atoms with Gasteiger partial charge in [-0.1, -0.05) is 29.3 Å². The van der Waals surface area contributed by atoms with Gasteiger partial charge >= 0.3 is 0 Å². The molecule has 0 bridgehead atoms. The van der Waals surface area contributed by atoms with E-state index in [1.54, 1.807) is 12.1 Å². The van der Waals surface area contributed by atoms with Crippen LogP contribution in [-0.2, 0) is 6.54 Å². The minimum Gasteiger partial charge on any atom is -0.324 e. The summed E-state index contributed by atoms with van der Waals surface area (Å²) >= 11 is 12.0. The van der Waals surface area contributed by atoms with Gasteiger partial charge in [-0.25, -0.2) is 4.98 Å². The third-order valence-corrected chi connectivity index (χ3v) is 2.95. The van der Waals surface area contributed by atoms with Gasteiger partial charge in [0.2, 0.25) is 5.95 Å². The molecule has 0 radical (unpaired) electrons. The lowest BCUT2D eigenvalue weighted by Crippen LogP contribution is -2.02. The van der Waals surface area contributed by atoms with E-state index in [-0.39, 0.29) is 0 Å². The van der Waals surface area contributed by atoms with Crippen molar-refractivity contribution >= 4 is 34.8 Å². The van der Waals surface area contributed by atoms with Gasteiger partial charge in [0.05, 0.1) is 16.4 Å². The summed E-state index contributed by atoms with van der Waals surface area (Å²) in [5.41, 5.74) is 1.71. The van der Waals surface area contributed by atoms with Gasteiger partial charge in [-0.2, -0.15) is 0 Å². The number of nitrogens with one attached hydrogen (secondary N) is 1. The monoisotopic (exact) mass is 281 g/mol. The number of halogens is 2. The minimum atomic E-state index is 0.563. The van der Waals surface area contributed by atoms with Crippen molar-refractivity contribution < 1.29 is 0 Å². The van der Waals surface area contributed by atoms with Gasteiger partial charge in [-0.3, -0.25) is 0 Å². The second-order valence-corrected chi connectivity index (χ2v) is 4.74. The SMILES string of the molecule is C=CCn1cc(C)nc1Nc1ccc(Cl)cc1Cl. The second kappa shape index (κ2) is 5.46. The first-order valence-electron chi connectivity index (χ1n) is 5.47. The maximum atomic E-state index is 6.11. The zero-order chi connectivity index (χ0) is 13.1. The molecule has 0 unspecified atom stereocenters. The van der Waals surface area contributed by atoms with Crippen LogP contribution in [0.3, 0.4) is 0 Å². The van der Waals surface area contributed by atoms with Crippen LogP contribution in [0, 0.1) is 6.92 Å². The average molecular weight is 282 g/mol. The molecule has 0 spiro atoms. The molecule has 1 N–H and O–H groups in total. The normalized spacial score (nSPS) is 10.4. The molecule has 3 nitrogen and oxygen atoms in total. The third kappa shape index (κ3) is 2.86. The van der Waals surface area contributed by atoms with Crippen LogP contribution in [0.1, 0.15) is 5.69 Å². The first kappa shape index (κ1) is 13.0. The van der Waals surface area contributed by atoms with Gasteiger partial charge in [-0.05, 0) is 25.1 Å². The maximum Gasteiger partial charge on any atom is 0.207 e. The number of imidazole rings is 1. The first-order valence-corrected chi connectivity index (χ1v) is 6.22. The number of hydrogen-bond acceptors (Lipinski definition) is 2. The Morgan fingerprint density at radius 3 is 2.89 bits per heavy atom. The van der Waals surface area contributed by atoms with Gasteiger partial charge in [0.15, 0.2) is 0 Å². The van der Waals surface area contributed by atoms with Crippen molar-refractivity contribution in [2.45, 2.75) is 13.5 Å². The Bertz CT molecular complexity index is 576. The molecule has 1 aromatic carbocycles. The van der Waals surface area contributed by atoms with E-state index in [1.165, 1.54) is 0 Å². The molecular formula is C13H13Cl2N3. The highest BCUT2D eigenvalue weighted by atomic mass is 35.5. The van der Waals surface area contributed by atoms with Crippen LogP contribution in [-0.4, -0.2) is 9.55 Å². The molecule has 2 aromatic rings. The third-order valence-electron chi connectivity index (χ3n) is 2.40. The highest BCUT2D eigenvalue weighted by Gasteiger charge is 2.07. The molecular weight excluding hydrogens is 269 g/mol. The molecule has 0 fully saturated rings. The fraction of sp³-hybridized carbons (Fsp3) is 0.154. The Labute approximate surface area is 116 Å². The molecule has 5 heteroatoms. The summed E-state index contributed by atoms with van der Waals surface area (Å²) in [6.07, 6.45) is 3.77. The van der Waals surface area contributed by atoms with Crippen molar-refractivity contribution in [3.05, 3.63) is 52.8 Å². The Hall–Kier alpha value is -1.45. The van der Waals surface area contributed by atoms with Gasteiger partial charge in [0.1, 0.15) is 0 Å². The lowest BCUT2D eigenvalue weighted by molar-refractivity contribution is 0.832. The topological polar surface area (TPSA) is 29.9 Å². The predicted molar refractivity (Wildman–Crippen MR) is 76.9 cm³/mol. The van der Waals surface area contributed by atoms with Crippen molar-refractivity contribution in [3.8, 4) is 0 Å². The lowest BCUT2D eigenvalue weighted by Gasteiger charge is -2.09. The van der Waals surface area contributed by atoms with Gasteiger partial charge in [0.25, 0.3) is 0 Å². The summed E-state index contributed by atoms with van der Waals surface area (Å²) < 4.78 is 1.97. The Morgan fingerprint density at radius 2 is 2.22 bits per heavy atom. The number of anilines is 2. The van der Waals surface area contributed by atoms with E-state index < -0.39 is 0 Å². The molecule has 1 heterocycles. The molecule has 1 aromatic heterocycles. The number of aromatic nitrogens is 2. The number of allylic oxidation sites excluding steroid dienone is 1. The fourth-order valence-electron chi connectivity index (χ4n) is 1.64. The summed E-state index contributed by atoms with van der Waals surface area (Å²) in [6, 6.07) is 5.30. The Kier molecular flexibility index (Phi) is 3.94. The van der Waals surface area contributed by atoms with Crippen LogP contribution in [0.4, 0.5) is 11.6 Å². The largest absolute Gasteiger partial charge is 0.324 e.